The molecule has 3 rings (SSSR count). The second kappa shape index (κ2) is 7.37. The summed E-state index contributed by atoms with van der Waals surface area (Å²) in [6.07, 6.45) is 8.06. The largest absolute Gasteiger partial charge is 0.313 e. The number of carbonyl (C=O) groups excluding carboxylic acids is 1. The van der Waals surface area contributed by atoms with E-state index < -0.39 is 7.14 Å². The molecular formula is C20H18NO2P. The molecule has 3 nitrogen and oxygen atoms in total. The summed E-state index contributed by atoms with van der Waals surface area (Å²) >= 11 is 0. The van der Waals surface area contributed by atoms with Crippen molar-refractivity contribution in [2.45, 2.75) is 6.42 Å². The smallest absolute Gasteiger partial charge is 0.253 e. The number of allylic oxidation sites excluding steroid dienone is 4. The minimum Gasteiger partial charge on any atom is -0.313 e. The zero-order valence-corrected chi connectivity index (χ0v) is 14.1. The van der Waals surface area contributed by atoms with E-state index in [2.05, 4.69) is 4.99 Å². The van der Waals surface area contributed by atoms with E-state index in [9.17, 15) is 9.36 Å². The number of rotatable bonds is 4. The third-order valence-electron chi connectivity index (χ3n) is 3.84. The van der Waals surface area contributed by atoms with E-state index in [4.69, 9.17) is 0 Å². The molecule has 1 aliphatic rings. The molecule has 24 heavy (non-hydrogen) atoms. The molecular weight excluding hydrogens is 317 g/mol. The molecule has 0 unspecified atom stereocenters. The summed E-state index contributed by atoms with van der Waals surface area (Å²) in [4.78, 5) is 16.6. The summed E-state index contributed by atoms with van der Waals surface area (Å²) in [5, 5.41) is 1.37. The number of aliphatic imine (C=N–C) groups is 1. The van der Waals surface area contributed by atoms with Gasteiger partial charge in [-0.05, 0) is 6.08 Å². The van der Waals surface area contributed by atoms with Gasteiger partial charge in [-0.15, -0.1) is 0 Å². The van der Waals surface area contributed by atoms with Crippen LogP contribution in [-0.4, -0.2) is 17.8 Å². The van der Waals surface area contributed by atoms with Gasteiger partial charge < -0.3 is 4.57 Å². The molecule has 1 aliphatic carbocycles. The van der Waals surface area contributed by atoms with Gasteiger partial charge in [0.2, 0.25) is 0 Å². The van der Waals surface area contributed by atoms with Crippen LogP contribution in [0.4, 0.5) is 0 Å². The summed E-state index contributed by atoms with van der Waals surface area (Å²) in [7, 11) is -3.05. The third-order valence-corrected chi connectivity index (χ3v) is 6.82. The van der Waals surface area contributed by atoms with Crippen molar-refractivity contribution >= 4 is 29.4 Å². The monoisotopic (exact) mass is 335 g/mol. The van der Waals surface area contributed by atoms with Gasteiger partial charge in [0.1, 0.15) is 0 Å². The molecule has 4 heteroatoms. The standard InChI is InChI=1S/C20H18NO2P/c22-20(21-17-10-4-1-5-11-17)16-24(23,18-12-6-2-7-13-18)19-14-8-3-9-15-19/h1-10,12-15H,11,16H2. The summed E-state index contributed by atoms with van der Waals surface area (Å²) in [5.74, 6) is -0.346. The van der Waals surface area contributed by atoms with Crippen LogP contribution in [0.15, 0.2) is 90.0 Å². The molecule has 0 spiro atoms. The first kappa shape index (κ1) is 16.4. The average molecular weight is 335 g/mol. The van der Waals surface area contributed by atoms with Gasteiger partial charge in [0.25, 0.3) is 5.91 Å². The highest BCUT2D eigenvalue weighted by atomic mass is 31.2. The lowest BCUT2D eigenvalue weighted by molar-refractivity contribution is -0.115. The molecule has 2 aromatic carbocycles. The zero-order chi connectivity index (χ0) is 16.8. The zero-order valence-electron chi connectivity index (χ0n) is 13.2. The normalized spacial score (nSPS) is 15.6. The van der Waals surface area contributed by atoms with E-state index >= 15 is 0 Å². The van der Waals surface area contributed by atoms with Crippen LogP contribution in [0.1, 0.15) is 6.42 Å². The van der Waals surface area contributed by atoms with Crippen LogP contribution in [0.3, 0.4) is 0 Å². The number of amides is 1. The summed E-state index contributed by atoms with van der Waals surface area (Å²) < 4.78 is 13.7. The fourth-order valence-corrected chi connectivity index (χ4v) is 5.06. The van der Waals surface area contributed by atoms with E-state index in [0.717, 1.165) is 0 Å². The van der Waals surface area contributed by atoms with Gasteiger partial charge in [-0.25, -0.2) is 4.99 Å². The minimum atomic E-state index is -3.05. The Hall–Kier alpha value is -2.51. The van der Waals surface area contributed by atoms with Crippen molar-refractivity contribution in [3.8, 4) is 0 Å². The fraction of sp³-hybridized carbons (Fsp3) is 0.100. The van der Waals surface area contributed by atoms with Crippen molar-refractivity contribution in [3.63, 3.8) is 0 Å². The number of carbonyl (C=O) groups is 1. The van der Waals surface area contributed by atoms with Gasteiger partial charge >= 0.3 is 0 Å². The molecule has 0 aliphatic heterocycles. The maximum atomic E-state index is 13.7. The van der Waals surface area contributed by atoms with Crippen LogP contribution >= 0.6 is 7.14 Å². The molecule has 0 N–H and O–H groups in total. The number of benzene rings is 2. The quantitative estimate of drug-likeness (QED) is 0.803. The van der Waals surface area contributed by atoms with E-state index in [1.54, 1.807) is 0 Å². The molecule has 0 bridgehead atoms. The highest BCUT2D eigenvalue weighted by molar-refractivity contribution is 7.79. The molecule has 0 atom stereocenters. The van der Waals surface area contributed by atoms with Gasteiger partial charge in [0.15, 0.2) is 7.14 Å². The van der Waals surface area contributed by atoms with Crippen molar-refractivity contribution < 1.29 is 9.36 Å². The maximum absolute atomic E-state index is 13.7. The lowest BCUT2D eigenvalue weighted by atomic mass is 10.1. The van der Waals surface area contributed by atoms with Gasteiger partial charge in [0.05, 0.1) is 6.16 Å². The van der Waals surface area contributed by atoms with Crippen molar-refractivity contribution in [1.82, 2.24) is 0 Å². The average Bonchev–Trinajstić information content (AvgIpc) is 2.64. The number of hydrogen-bond donors (Lipinski definition) is 0. The Morgan fingerprint density at radius 3 is 2.00 bits per heavy atom. The van der Waals surface area contributed by atoms with Crippen LogP contribution in [-0.2, 0) is 9.36 Å². The van der Waals surface area contributed by atoms with Crippen LogP contribution in [0, 0.1) is 0 Å². The second-order valence-electron chi connectivity index (χ2n) is 5.56. The summed E-state index contributed by atoms with van der Waals surface area (Å²) in [6, 6.07) is 18.4. The van der Waals surface area contributed by atoms with Crippen LogP contribution in [0.5, 0.6) is 0 Å². The Labute approximate surface area is 141 Å². The highest BCUT2D eigenvalue weighted by Crippen LogP contribution is 2.43. The molecule has 0 saturated heterocycles. The van der Waals surface area contributed by atoms with Crippen LogP contribution in [0.25, 0.3) is 0 Å². The van der Waals surface area contributed by atoms with Crippen LogP contribution < -0.4 is 10.6 Å². The Balaban J connectivity index is 1.94. The molecule has 2 aromatic rings. The highest BCUT2D eigenvalue weighted by Gasteiger charge is 2.30. The molecule has 0 saturated carbocycles. The van der Waals surface area contributed by atoms with Crippen LogP contribution in [0.2, 0.25) is 0 Å². The molecule has 0 aromatic heterocycles. The van der Waals surface area contributed by atoms with Crippen molar-refractivity contribution in [2.24, 2.45) is 4.99 Å². The fourth-order valence-electron chi connectivity index (χ4n) is 2.64. The number of hydrogen-bond acceptors (Lipinski definition) is 2. The molecule has 1 amide bonds. The van der Waals surface area contributed by atoms with Crippen molar-refractivity contribution in [3.05, 3.63) is 85.0 Å². The molecule has 120 valence electrons. The maximum Gasteiger partial charge on any atom is 0.253 e. The lowest BCUT2D eigenvalue weighted by Gasteiger charge is -2.17. The summed E-state index contributed by atoms with van der Waals surface area (Å²) in [6.45, 7) is 0. The van der Waals surface area contributed by atoms with E-state index in [-0.39, 0.29) is 12.1 Å². The van der Waals surface area contributed by atoms with Crippen molar-refractivity contribution in [1.29, 1.82) is 0 Å². The van der Waals surface area contributed by atoms with Gasteiger partial charge in [-0.2, -0.15) is 0 Å². The third kappa shape index (κ3) is 3.69. The molecule has 0 heterocycles. The Morgan fingerprint density at radius 2 is 1.50 bits per heavy atom. The van der Waals surface area contributed by atoms with Gasteiger partial charge in [-0.1, -0.05) is 78.9 Å². The Morgan fingerprint density at radius 1 is 0.917 bits per heavy atom. The topological polar surface area (TPSA) is 46.5 Å². The van der Waals surface area contributed by atoms with E-state index in [1.807, 2.05) is 85.0 Å². The predicted molar refractivity (Wildman–Crippen MR) is 100.0 cm³/mol. The summed E-state index contributed by atoms with van der Waals surface area (Å²) in [5.41, 5.74) is 0.704. The number of nitrogens with zero attached hydrogens (tertiary/aromatic N) is 1. The second-order valence-corrected chi connectivity index (χ2v) is 8.39. The first-order valence-electron chi connectivity index (χ1n) is 7.82. The Kier molecular flexibility index (Phi) is 5.02. The van der Waals surface area contributed by atoms with Gasteiger partial charge in [-0.3, -0.25) is 4.79 Å². The van der Waals surface area contributed by atoms with E-state index in [0.29, 0.717) is 22.7 Å². The molecule has 0 fully saturated rings. The van der Waals surface area contributed by atoms with E-state index in [1.165, 1.54) is 0 Å². The first-order valence-corrected chi connectivity index (χ1v) is 9.71. The predicted octanol–water partition coefficient (Wildman–Crippen LogP) is 3.48. The van der Waals surface area contributed by atoms with Crippen molar-refractivity contribution in [2.75, 3.05) is 6.16 Å². The Bertz CT molecular complexity index is 808. The molecule has 0 radical (unpaired) electrons. The SMILES string of the molecule is O=C(CP(=O)(c1ccccc1)c1ccccc1)N=C1C=CC=CC1. The lowest BCUT2D eigenvalue weighted by Crippen LogP contribution is -2.22. The first-order chi connectivity index (χ1) is 11.7. The van der Waals surface area contributed by atoms with Gasteiger partial charge in [0, 0.05) is 22.7 Å². The minimum absolute atomic E-state index is 0.0952.